The fraction of sp³-hybridized carbons (Fsp3) is 1.00. The molecule has 0 atom stereocenters. The van der Waals surface area contributed by atoms with Crippen molar-refractivity contribution in [1.29, 1.82) is 0 Å². The fourth-order valence-electron chi connectivity index (χ4n) is 1.18. The molecule has 0 fully saturated rings. The summed E-state index contributed by atoms with van der Waals surface area (Å²) in [6.07, 6.45) is 4.01. The van der Waals surface area contributed by atoms with Gasteiger partial charge in [0, 0.05) is 17.4 Å². The quantitative estimate of drug-likeness (QED) is 0.386. The summed E-state index contributed by atoms with van der Waals surface area (Å²) >= 11 is 8.16. The third-order valence-corrected chi connectivity index (χ3v) is 6.48. The molecule has 0 aromatic rings. The van der Waals surface area contributed by atoms with Crippen LogP contribution >= 0.6 is 47.0 Å². The smallest absolute Gasteiger partial charge is 0.0392 e. The zero-order valence-corrected chi connectivity index (χ0v) is 14.3. The van der Waals surface area contributed by atoms with Gasteiger partial charge in [0.1, 0.15) is 0 Å². The van der Waals surface area contributed by atoms with Gasteiger partial charge in [-0.05, 0) is 48.0 Å². The van der Waals surface area contributed by atoms with Gasteiger partial charge in [-0.25, -0.2) is 0 Å². The molecule has 0 heterocycles. The molecule has 104 valence electrons. The largest absolute Gasteiger partial charge is 0.322 e. The van der Waals surface area contributed by atoms with Crippen LogP contribution in [0, 0.1) is 0 Å². The van der Waals surface area contributed by atoms with Crippen molar-refractivity contribution in [2.24, 2.45) is 5.73 Å². The van der Waals surface area contributed by atoms with Gasteiger partial charge in [-0.2, -0.15) is 35.3 Å². The average molecular weight is 314 g/mol. The van der Waals surface area contributed by atoms with Gasteiger partial charge in [0.25, 0.3) is 0 Å². The van der Waals surface area contributed by atoms with E-state index in [2.05, 4.69) is 42.2 Å². The van der Waals surface area contributed by atoms with Gasteiger partial charge >= 0.3 is 0 Å². The molecule has 0 rings (SSSR count). The first-order valence-electron chi connectivity index (χ1n) is 6.42. The molecule has 0 aromatic carbocycles. The van der Waals surface area contributed by atoms with Crippen LogP contribution in [-0.2, 0) is 0 Å². The van der Waals surface area contributed by atoms with E-state index in [1.165, 1.54) is 59.5 Å². The Hall–Kier alpha value is 1.36. The monoisotopic (exact) mass is 313 g/mol. The third-order valence-electron chi connectivity index (χ3n) is 1.99. The van der Waals surface area contributed by atoms with Gasteiger partial charge in [0.15, 0.2) is 0 Å². The number of nitrogens with two attached hydrogens (primary N) is 1. The maximum atomic E-state index is 5.42. The standard InChI is InChI=1S/C12H27NS4/c1-2-5-14-6-3-7-15-10-11-16-8-4-9-17-12-13/h2-13H2,1H3. The minimum absolute atomic E-state index is 0.774. The molecule has 0 aliphatic carbocycles. The van der Waals surface area contributed by atoms with E-state index in [1.807, 2.05) is 11.8 Å². The van der Waals surface area contributed by atoms with Crippen molar-refractivity contribution in [1.82, 2.24) is 0 Å². The van der Waals surface area contributed by atoms with Crippen molar-refractivity contribution in [3.8, 4) is 0 Å². The van der Waals surface area contributed by atoms with Crippen LogP contribution in [-0.4, -0.2) is 46.1 Å². The highest BCUT2D eigenvalue weighted by Gasteiger charge is 1.93. The van der Waals surface area contributed by atoms with Crippen LogP contribution in [0.3, 0.4) is 0 Å². The maximum Gasteiger partial charge on any atom is 0.0392 e. The van der Waals surface area contributed by atoms with Crippen molar-refractivity contribution in [3.63, 3.8) is 0 Å². The van der Waals surface area contributed by atoms with Crippen LogP contribution in [0.25, 0.3) is 0 Å². The highest BCUT2D eigenvalue weighted by Crippen LogP contribution is 2.12. The van der Waals surface area contributed by atoms with Gasteiger partial charge in [-0.1, -0.05) is 6.92 Å². The Balaban J connectivity index is 2.85. The molecule has 0 amide bonds. The van der Waals surface area contributed by atoms with Crippen LogP contribution in [0.4, 0.5) is 0 Å². The molecule has 17 heavy (non-hydrogen) atoms. The first kappa shape index (κ1) is 18.4. The summed E-state index contributed by atoms with van der Waals surface area (Å²) in [6.45, 7) is 2.25. The molecule has 0 aromatic heterocycles. The Morgan fingerprint density at radius 3 is 1.59 bits per heavy atom. The molecule has 0 saturated carbocycles. The van der Waals surface area contributed by atoms with E-state index in [0.717, 1.165) is 5.88 Å². The van der Waals surface area contributed by atoms with Crippen LogP contribution in [0.2, 0.25) is 0 Å². The third kappa shape index (κ3) is 17.4. The van der Waals surface area contributed by atoms with Crippen molar-refractivity contribution in [2.75, 3.05) is 46.1 Å². The van der Waals surface area contributed by atoms with Gasteiger partial charge in [-0.3, -0.25) is 0 Å². The fourth-order valence-corrected chi connectivity index (χ4v) is 4.95. The molecular formula is C12H27NS4. The molecule has 0 aliphatic heterocycles. The molecule has 0 aliphatic rings. The number of rotatable bonds is 14. The van der Waals surface area contributed by atoms with Crippen LogP contribution in [0.1, 0.15) is 26.2 Å². The molecule has 1 nitrogen and oxygen atoms in total. The minimum Gasteiger partial charge on any atom is -0.322 e. The normalized spacial score (nSPS) is 10.9. The molecule has 5 heteroatoms. The Labute approximate surface area is 125 Å². The van der Waals surface area contributed by atoms with Gasteiger partial charge in [-0.15, -0.1) is 11.8 Å². The van der Waals surface area contributed by atoms with Gasteiger partial charge < -0.3 is 5.73 Å². The lowest BCUT2D eigenvalue weighted by Crippen LogP contribution is -1.95. The summed E-state index contributed by atoms with van der Waals surface area (Å²) in [6, 6.07) is 0. The second-order valence-electron chi connectivity index (χ2n) is 3.62. The zero-order valence-electron chi connectivity index (χ0n) is 11.0. The summed E-state index contributed by atoms with van der Waals surface area (Å²) in [5, 5.41) is 0. The number of hydrogen-bond donors (Lipinski definition) is 1. The topological polar surface area (TPSA) is 26.0 Å². The summed E-state index contributed by atoms with van der Waals surface area (Å²) in [7, 11) is 0. The lowest BCUT2D eigenvalue weighted by Gasteiger charge is -2.02. The highest BCUT2D eigenvalue weighted by molar-refractivity contribution is 8.03. The maximum absolute atomic E-state index is 5.42. The van der Waals surface area contributed by atoms with E-state index < -0.39 is 0 Å². The zero-order chi connectivity index (χ0) is 12.6. The summed E-state index contributed by atoms with van der Waals surface area (Å²) in [4.78, 5) is 0. The molecule has 0 unspecified atom stereocenters. The summed E-state index contributed by atoms with van der Waals surface area (Å²) in [5.41, 5.74) is 5.42. The van der Waals surface area contributed by atoms with E-state index in [0.29, 0.717) is 0 Å². The van der Waals surface area contributed by atoms with Crippen LogP contribution in [0.5, 0.6) is 0 Å². The summed E-state index contributed by atoms with van der Waals surface area (Å²) < 4.78 is 0. The van der Waals surface area contributed by atoms with E-state index >= 15 is 0 Å². The average Bonchev–Trinajstić information content (AvgIpc) is 2.35. The second kappa shape index (κ2) is 17.4. The van der Waals surface area contributed by atoms with Crippen molar-refractivity contribution in [2.45, 2.75) is 26.2 Å². The predicted molar refractivity (Wildman–Crippen MR) is 93.0 cm³/mol. The van der Waals surface area contributed by atoms with E-state index in [1.54, 1.807) is 0 Å². The summed E-state index contributed by atoms with van der Waals surface area (Å²) in [5.74, 6) is 9.99. The van der Waals surface area contributed by atoms with Crippen LogP contribution < -0.4 is 5.73 Å². The highest BCUT2D eigenvalue weighted by atomic mass is 32.2. The van der Waals surface area contributed by atoms with E-state index in [9.17, 15) is 0 Å². The predicted octanol–water partition coefficient (Wildman–Crippen LogP) is 4.03. The molecule has 2 N–H and O–H groups in total. The van der Waals surface area contributed by atoms with Crippen molar-refractivity contribution in [3.05, 3.63) is 0 Å². The Morgan fingerprint density at radius 2 is 1.12 bits per heavy atom. The lowest BCUT2D eigenvalue weighted by atomic mass is 10.6. The van der Waals surface area contributed by atoms with Crippen molar-refractivity contribution >= 4 is 47.0 Å². The minimum atomic E-state index is 0.774. The number of hydrogen-bond acceptors (Lipinski definition) is 5. The molecule has 0 saturated heterocycles. The first-order valence-corrected chi connectivity index (χ1v) is 11.0. The molecule has 0 radical (unpaired) electrons. The SMILES string of the molecule is CCCSCCCSCCSCCCSCN. The Morgan fingerprint density at radius 1 is 0.647 bits per heavy atom. The molecule has 0 bridgehead atoms. The Bertz CT molecular complexity index is 122. The van der Waals surface area contributed by atoms with E-state index in [-0.39, 0.29) is 0 Å². The van der Waals surface area contributed by atoms with Crippen molar-refractivity contribution < 1.29 is 0 Å². The molecular weight excluding hydrogens is 286 g/mol. The molecule has 0 spiro atoms. The number of thioether (sulfide) groups is 4. The Kier molecular flexibility index (Phi) is 18.7. The van der Waals surface area contributed by atoms with Gasteiger partial charge in [0.05, 0.1) is 0 Å². The first-order chi connectivity index (χ1) is 8.41. The lowest BCUT2D eigenvalue weighted by molar-refractivity contribution is 1.08. The van der Waals surface area contributed by atoms with Crippen LogP contribution in [0.15, 0.2) is 0 Å². The van der Waals surface area contributed by atoms with Gasteiger partial charge in [0.2, 0.25) is 0 Å². The van der Waals surface area contributed by atoms with E-state index in [4.69, 9.17) is 5.73 Å². The second-order valence-corrected chi connectivity index (χ2v) is 8.44.